The SMILES string of the molecule is COc1cc(NC(=O)N2CCC(O)(c3nc(C)no3)C2)ccn1. The molecule has 0 spiro atoms. The van der Waals surface area contributed by atoms with Gasteiger partial charge in [0.25, 0.3) is 5.89 Å². The molecule has 122 valence electrons. The first-order chi connectivity index (χ1) is 11.0. The van der Waals surface area contributed by atoms with Gasteiger partial charge < -0.3 is 24.6 Å². The molecule has 1 aliphatic heterocycles. The number of nitrogens with zero attached hydrogens (tertiary/aromatic N) is 4. The van der Waals surface area contributed by atoms with Crippen molar-refractivity contribution in [3.8, 4) is 5.88 Å². The van der Waals surface area contributed by atoms with Crippen molar-refractivity contribution in [2.75, 3.05) is 25.5 Å². The Morgan fingerprint density at radius 1 is 1.57 bits per heavy atom. The Hall–Kier alpha value is -2.68. The number of likely N-dealkylation sites (tertiary alicyclic amines) is 1. The maximum atomic E-state index is 12.3. The van der Waals surface area contributed by atoms with Gasteiger partial charge in [-0.1, -0.05) is 5.16 Å². The molecule has 23 heavy (non-hydrogen) atoms. The lowest BCUT2D eigenvalue weighted by molar-refractivity contribution is 0.0171. The predicted octanol–water partition coefficient (Wildman–Crippen LogP) is 0.907. The zero-order valence-corrected chi connectivity index (χ0v) is 12.8. The number of urea groups is 1. The lowest BCUT2D eigenvalue weighted by atomic mass is 10.0. The van der Waals surface area contributed by atoms with Crippen molar-refractivity contribution in [2.45, 2.75) is 18.9 Å². The van der Waals surface area contributed by atoms with E-state index in [9.17, 15) is 9.90 Å². The molecule has 0 aromatic carbocycles. The van der Waals surface area contributed by atoms with Crippen LogP contribution in [-0.4, -0.2) is 51.4 Å². The standard InChI is InChI=1S/C14H17N5O4/c1-9-16-12(23-18-9)14(21)4-6-19(8-14)13(20)17-10-3-5-15-11(7-10)22-2/h3,5,7,21H,4,6,8H2,1-2H3,(H,15,17,20). The monoisotopic (exact) mass is 319 g/mol. The summed E-state index contributed by atoms with van der Waals surface area (Å²) in [5.74, 6) is 0.984. The maximum absolute atomic E-state index is 12.3. The fraction of sp³-hybridized carbons (Fsp3) is 0.429. The van der Waals surface area contributed by atoms with Crippen LogP contribution in [0.15, 0.2) is 22.9 Å². The molecule has 9 heteroatoms. The molecule has 2 N–H and O–H groups in total. The van der Waals surface area contributed by atoms with Gasteiger partial charge in [-0.2, -0.15) is 4.98 Å². The van der Waals surface area contributed by atoms with Gasteiger partial charge in [-0.15, -0.1) is 0 Å². The first-order valence-electron chi connectivity index (χ1n) is 7.09. The number of amides is 2. The summed E-state index contributed by atoms with van der Waals surface area (Å²) >= 11 is 0. The topological polar surface area (TPSA) is 114 Å². The zero-order valence-electron chi connectivity index (χ0n) is 12.8. The molecule has 3 heterocycles. The Morgan fingerprint density at radius 2 is 2.39 bits per heavy atom. The number of pyridine rings is 1. The molecular formula is C14H17N5O4. The van der Waals surface area contributed by atoms with Crippen LogP contribution in [0.2, 0.25) is 0 Å². The van der Waals surface area contributed by atoms with Crippen LogP contribution < -0.4 is 10.1 Å². The number of aromatic nitrogens is 3. The van der Waals surface area contributed by atoms with Crippen molar-refractivity contribution in [3.05, 3.63) is 30.0 Å². The number of methoxy groups -OCH3 is 1. The van der Waals surface area contributed by atoms with Crippen LogP contribution in [0.4, 0.5) is 10.5 Å². The third-order valence-electron chi connectivity index (χ3n) is 3.66. The number of β-amino-alcohol motifs (C(OH)–C–C–N with tert-alkyl or cyclic N) is 1. The number of aliphatic hydroxyl groups is 1. The van der Waals surface area contributed by atoms with Crippen LogP contribution in [0, 0.1) is 6.92 Å². The van der Waals surface area contributed by atoms with E-state index in [1.807, 2.05) is 0 Å². The van der Waals surface area contributed by atoms with Gasteiger partial charge in [0, 0.05) is 30.9 Å². The van der Waals surface area contributed by atoms with E-state index in [0.29, 0.717) is 30.4 Å². The Balaban J connectivity index is 1.67. The van der Waals surface area contributed by atoms with E-state index in [1.165, 1.54) is 18.2 Å². The lowest BCUT2D eigenvalue weighted by Gasteiger charge is -2.20. The molecular weight excluding hydrogens is 302 g/mol. The summed E-state index contributed by atoms with van der Waals surface area (Å²) in [7, 11) is 1.50. The molecule has 0 saturated carbocycles. The van der Waals surface area contributed by atoms with Crippen LogP contribution in [-0.2, 0) is 5.60 Å². The molecule has 2 aromatic rings. The van der Waals surface area contributed by atoms with E-state index in [1.54, 1.807) is 19.1 Å². The number of carbonyl (C=O) groups is 1. The smallest absolute Gasteiger partial charge is 0.321 e. The van der Waals surface area contributed by atoms with E-state index in [4.69, 9.17) is 9.26 Å². The Morgan fingerprint density at radius 3 is 3.09 bits per heavy atom. The van der Waals surface area contributed by atoms with Crippen molar-refractivity contribution in [1.82, 2.24) is 20.0 Å². The largest absolute Gasteiger partial charge is 0.481 e. The van der Waals surface area contributed by atoms with Gasteiger partial charge in [-0.3, -0.25) is 0 Å². The maximum Gasteiger partial charge on any atom is 0.321 e. The molecule has 1 aliphatic rings. The van der Waals surface area contributed by atoms with Gasteiger partial charge in [-0.05, 0) is 13.0 Å². The van der Waals surface area contributed by atoms with Crippen LogP contribution in [0.25, 0.3) is 0 Å². The Labute approximate surface area is 132 Å². The summed E-state index contributed by atoms with van der Waals surface area (Å²) in [6.07, 6.45) is 1.87. The van der Waals surface area contributed by atoms with Crippen LogP contribution in [0.3, 0.4) is 0 Å². The number of ether oxygens (including phenoxy) is 1. The van der Waals surface area contributed by atoms with Gasteiger partial charge in [-0.25, -0.2) is 9.78 Å². The minimum Gasteiger partial charge on any atom is -0.481 e. The van der Waals surface area contributed by atoms with E-state index < -0.39 is 5.60 Å². The Bertz CT molecular complexity index is 719. The number of nitrogens with one attached hydrogen (secondary N) is 1. The summed E-state index contributed by atoms with van der Waals surface area (Å²) in [4.78, 5) is 21.8. The van der Waals surface area contributed by atoms with E-state index in [2.05, 4.69) is 20.4 Å². The van der Waals surface area contributed by atoms with Gasteiger partial charge in [0.1, 0.15) is 0 Å². The van der Waals surface area contributed by atoms with Crippen molar-refractivity contribution in [3.63, 3.8) is 0 Å². The molecule has 0 bridgehead atoms. The molecule has 0 aliphatic carbocycles. The average Bonchev–Trinajstić information content (AvgIpc) is 3.15. The average molecular weight is 319 g/mol. The van der Waals surface area contributed by atoms with Crippen molar-refractivity contribution >= 4 is 11.7 Å². The van der Waals surface area contributed by atoms with Gasteiger partial charge in [0.15, 0.2) is 11.4 Å². The van der Waals surface area contributed by atoms with Crippen molar-refractivity contribution in [1.29, 1.82) is 0 Å². The molecule has 1 saturated heterocycles. The van der Waals surface area contributed by atoms with E-state index >= 15 is 0 Å². The highest BCUT2D eigenvalue weighted by Gasteiger charge is 2.44. The van der Waals surface area contributed by atoms with E-state index in [0.717, 1.165) is 0 Å². The van der Waals surface area contributed by atoms with Gasteiger partial charge in [0.2, 0.25) is 5.88 Å². The first-order valence-corrected chi connectivity index (χ1v) is 7.09. The van der Waals surface area contributed by atoms with Crippen LogP contribution in [0.1, 0.15) is 18.1 Å². The number of hydrogen-bond acceptors (Lipinski definition) is 7. The van der Waals surface area contributed by atoms with Gasteiger partial charge in [0.05, 0.1) is 13.7 Å². The fourth-order valence-corrected chi connectivity index (χ4v) is 2.43. The normalized spacial score (nSPS) is 20.6. The molecule has 2 aromatic heterocycles. The number of hydrogen-bond donors (Lipinski definition) is 2. The number of anilines is 1. The third-order valence-corrected chi connectivity index (χ3v) is 3.66. The third kappa shape index (κ3) is 3.09. The zero-order chi connectivity index (χ0) is 16.4. The van der Waals surface area contributed by atoms with Crippen molar-refractivity contribution < 1.29 is 19.2 Å². The quantitative estimate of drug-likeness (QED) is 0.864. The van der Waals surface area contributed by atoms with Crippen LogP contribution in [0.5, 0.6) is 5.88 Å². The second-order valence-corrected chi connectivity index (χ2v) is 5.37. The molecule has 0 radical (unpaired) electrons. The summed E-state index contributed by atoms with van der Waals surface area (Å²) in [5.41, 5.74) is -0.750. The highest BCUT2D eigenvalue weighted by atomic mass is 16.5. The number of aryl methyl sites for hydroxylation is 1. The number of rotatable bonds is 3. The first kappa shape index (κ1) is 15.2. The van der Waals surface area contributed by atoms with E-state index in [-0.39, 0.29) is 18.5 Å². The Kier molecular flexibility index (Phi) is 3.87. The predicted molar refractivity (Wildman–Crippen MR) is 78.9 cm³/mol. The summed E-state index contributed by atoms with van der Waals surface area (Å²) in [6, 6.07) is 2.94. The second-order valence-electron chi connectivity index (χ2n) is 5.37. The molecule has 1 atom stereocenters. The molecule has 2 amide bonds. The summed E-state index contributed by atoms with van der Waals surface area (Å²) in [5, 5.41) is 17.0. The highest BCUT2D eigenvalue weighted by molar-refractivity contribution is 5.89. The minimum atomic E-state index is -1.31. The fourth-order valence-electron chi connectivity index (χ4n) is 2.43. The molecule has 1 unspecified atom stereocenters. The lowest BCUT2D eigenvalue weighted by Crippen LogP contribution is -2.37. The molecule has 1 fully saturated rings. The second kappa shape index (κ2) is 5.84. The summed E-state index contributed by atoms with van der Waals surface area (Å²) in [6.45, 7) is 2.14. The summed E-state index contributed by atoms with van der Waals surface area (Å²) < 4.78 is 10.0. The molecule has 3 rings (SSSR count). The van der Waals surface area contributed by atoms with Crippen LogP contribution >= 0.6 is 0 Å². The number of carbonyl (C=O) groups excluding carboxylic acids is 1. The van der Waals surface area contributed by atoms with Gasteiger partial charge >= 0.3 is 6.03 Å². The molecule has 9 nitrogen and oxygen atoms in total. The van der Waals surface area contributed by atoms with Crippen molar-refractivity contribution in [2.24, 2.45) is 0 Å². The minimum absolute atomic E-state index is 0.0860. The highest BCUT2D eigenvalue weighted by Crippen LogP contribution is 2.31.